The van der Waals surface area contributed by atoms with Crippen LogP contribution in [0.3, 0.4) is 0 Å². The first kappa shape index (κ1) is 11.4. The minimum absolute atomic E-state index is 0.0577. The van der Waals surface area contributed by atoms with Gasteiger partial charge in [0.2, 0.25) is 0 Å². The van der Waals surface area contributed by atoms with Gasteiger partial charge in [-0.05, 0) is 25.0 Å². The summed E-state index contributed by atoms with van der Waals surface area (Å²) in [4.78, 5) is 16.2. The Morgan fingerprint density at radius 3 is 2.81 bits per heavy atom. The van der Waals surface area contributed by atoms with E-state index in [1.165, 1.54) is 14.8 Å². The fraction of sp³-hybridized carbons (Fsp3) is 0.545. The van der Waals surface area contributed by atoms with Crippen LogP contribution in [0, 0.1) is 0 Å². The number of urea groups is 1. The van der Waals surface area contributed by atoms with Crippen molar-refractivity contribution >= 4 is 17.4 Å². The summed E-state index contributed by atoms with van der Waals surface area (Å²) >= 11 is 1.78. The molecular weight excluding hydrogens is 222 g/mol. The third-order valence-electron chi connectivity index (χ3n) is 2.76. The molecule has 1 saturated heterocycles. The summed E-state index contributed by atoms with van der Waals surface area (Å²) in [6.45, 7) is 4.31. The van der Waals surface area contributed by atoms with Crippen LogP contribution in [0.15, 0.2) is 12.1 Å². The third kappa shape index (κ3) is 2.36. The van der Waals surface area contributed by atoms with E-state index >= 15 is 0 Å². The number of carbonyl (C=O) groups excluding carboxylic acids is 1. The summed E-state index contributed by atoms with van der Waals surface area (Å²) < 4.78 is 0. The first-order valence-electron chi connectivity index (χ1n) is 5.59. The van der Waals surface area contributed by atoms with E-state index in [1.807, 2.05) is 4.90 Å². The molecule has 16 heavy (non-hydrogen) atoms. The maximum atomic E-state index is 11.7. The zero-order chi connectivity index (χ0) is 11.5. The number of thiophene rings is 1. The molecule has 88 valence electrons. The number of amides is 2. The Hall–Kier alpha value is -1.07. The van der Waals surface area contributed by atoms with Crippen LogP contribution in [0.25, 0.3) is 0 Å². The summed E-state index contributed by atoms with van der Waals surface area (Å²) in [5.74, 6) is 5.60. The van der Waals surface area contributed by atoms with Crippen LogP contribution in [0.4, 0.5) is 4.79 Å². The van der Waals surface area contributed by atoms with Crippen molar-refractivity contribution in [2.24, 2.45) is 5.84 Å². The van der Waals surface area contributed by atoms with Crippen molar-refractivity contribution in [3.8, 4) is 0 Å². The Morgan fingerprint density at radius 2 is 2.12 bits per heavy atom. The van der Waals surface area contributed by atoms with Crippen LogP contribution in [0.5, 0.6) is 0 Å². The Balaban J connectivity index is 2.00. The molecule has 2 heterocycles. The van der Waals surface area contributed by atoms with Gasteiger partial charge in [-0.1, -0.05) is 6.92 Å². The third-order valence-corrected chi connectivity index (χ3v) is 3.97. The van der Waals surface area contributed by atoms with Gasteiger partial charge in [0.1, 0.15) is 0 Å². The number of nitrogens with zero attached hydrogens (tertiary/aromatic N) is 2. The van der Waals surface area contributed by atoms with E-state index in [1.54, 1.807) is 11.3 Å². The number of carbonyl (C=O) groups is 1. The van der Waals surface area contributed by atoms with Crippen LogP contribution >= 0.6 is 11.3 Å². The van der Waals surface area contributed by atoms with Gasteiger partial charge in [-0.25, -0.2) is 10.6 Å². The summed E-state index contributed by atoms with van der Waals surface area (Å²) in [7, 11) is 0. The van der Waals surface area contributed by atoms with Gasteiger partial charge >= 0.3 is 6.03 Å². The molecule has 1 aromatic rings. The lowest BCUT2D eigenvalue weighted by atomic mass is 10.3. The summed E-state index contributed by atoms with van der Waals surface area (Å²) in [6.07, 6.45) is 2.01. The molecule has 1 aliphatic heterocycles. The van der Waals surface area contributed by atoms with E-state index < -0.39 is 0 Å². The van der Waals surface area contributed by atoms with Crippen molar-refractivity contribution in [1.82, 2.24) is 9.91 Å². The molecule has 0 saturated carbocycles. The molecule has 1 aromatic heterocycles. The van der Waals surface area contributed by atoms with Crippen molar-refractivity contribution in [1.29, 1.82) is 0 Å². The molecule has 1 aliphatic rings. The lowest BCUT2D eigenvalue weighted by molar-refractivity contribution is 0.127. The Bertz CT molecular complexity index is 377. The first-order valence-corrected chi connectivity index (χ1v) is 6.41. The van der Waals surface area contributed by atoms with Crippen molar-refractivity contribution in [2.75, 3.05) is 13.1 Å². The van der Waals surface area contributed by atoms with Gasteiger partial charge in [-0.3, -0.25) is 5.01 Å². The second kappa shape index (κ2) is 4.84. The maximum Gasteiger partial charge on any atom is 0.334 e. The van der Waals surface area contributed by atoms with Crippen molar-refractivity contribution in [3.63, 3.8) is 0 Å². The Kier molecular flexibility index (Phi) is 3.46. The topological polar surface area (TPSA) is 49.6 Å². The number of aryl methyl sites for hydroxylation is 1. The molecule has 2 rings (SSSR count). The molecule has 0 unspecified atom stereocenters. The van der Waals surface area contributed by atoms with Gasteiger partial charge in [0.05, 0.1) is 6.54 Å². The molecule has 0 aromatic carbocycles. The molecule has 0 aliphatic carbocycles. The normalized spacial score (nSPS) is 17.0. The number of hydrogen-bond donors (Lipinski definition) is 1. The van der Waals surface area contributed by atoms with E-state index in [4.69, 9.17) is 5.84 Å². The Morgan fingerprint density at radius 1 is 1.38 bits per heavy atom. The van der Waals surface area contributed by atoms with E-state index in [9.17, 15) is 4.79 Å². The van der Waals surface area contributed by atoms with Crippen molar-refractivity contribution in [2.45, 2.75) is 26.3 Å². The van der Waals surface area contributed by atoms with Gasteiger partial charge in [0, 0.05) is 22.8 Å². The second-order valence-electron chi connectivity index (χ2n) is 3.97. The van der Waals surface area contributed by atoms with Gasteiger partial charge < -0.3 is 4.90 Å². The van der Waals surface area contributed by atoms with Gasteiger partial charge in [0.15, 0.2) is 0 Å². The molecule has 4 nitrogen and oxygen atoms in total. The SMILES string of the molecule is CCc1ccc(CN2CCCN(N)C2=O)s1. The molecule has 0 radical (unpaired) electrons. The summed E-state index contributed by atoms with van der Waals surface area (Å²) in [5.41, 5.74) is 0. The number of nitrogens with two attached hydrogens (primary N) is 1. The average Bonchev–Trinajstić information content (AvgIpc) is 2.73. The quantitative estimate of drug-likeness (QED) is 0.646. The van der Waals surface area contributed by atoms with E-state index in [0.29, 0.717) is 13.1 Å². The molecule has 5 heteroatoms. The van der Waals surface area contributed by atoms with E-state index in [2.05, 4.69) is 19.1 Å². The summed E-state index contributed by atoms with van der Waals surface area (Å²) in [5, 5.41) is 1.30. The van der Waals surface area contributed by atoms with Crippen LogP contribution in [-0.2, 0) is 13.0 Å². The summed E-state index contributed by atoms with van der Waals surface area (Å²) in [6, 6.07) is 4.18. The molecular formula is C11H17N3OS. The predicted molar refractivity (Wildman–Crippen MR) is 65.0 cm³/mol. The average molecular weight is 239 g/mol. The smallest absolute Gasteiger partial charge is 0.318 e. The lowest BCUT2D eigenvalue weighted by Crippen LogP contribution is -2.51. The number of hydrazine groups is 1. The van der Waals surface area contributed by atoms with Gasteiger partial charge in [-0.2, -0.15) is 0 Å². The molecule has 2 N–H and O–H groups in total. The molecule has 1 fully saturated rings. The zero-order valence-corrected chi connectivity index (χ0v) is 10.3. The van der Waals surface area contributed by atoms with Crippen molar-refractivity contribution in [3.05, 3.63) is 21.9 Å². The fourth-order valence-electron chi connectivity index (χ4n) is 1.84. The highest BCUT2D eigenvalue weighted by Gasteiger charge is 2.23. The standard InChI is InChI=1S/C11H17N3OS/c1-2-9-4-5-10(16-9)8-13-6-3-7-14(12)11(13)15/h4-5H,2-3,6-8,12H2,1H3. The highest BCUT2D eigenvalue weighted by atomic mass is 32.1. The van der Waals surface area contributed by atoms with E-state index in [-0.39, 0.29) is 6.03 Å². The number of rotatable bonds is 3. The molecule has 0 atom stereocenters. The number of hydrogen-bond acceptors (Lipinski definition) is 3. The van der Waals surface area contributed by atoms with Crippen LogP contribution in [0.1, 0.15) is 23.1 Å². The first-order chi connectivity index (χ1) is 7.70. The minimum atomic E-state index is -0.0577. The molecule has 0 spiro atoms. The van der Waals surface area contributed by atoms with Gasteiger partial charge in [-0.15, -0.1) is 11.3 Å². The Labute approximate surface area is 99.6 Å². The van der Waals surface area contributed by atoms with Crippen molar-refractivity contribution < 1.29 is 4.79 Å². The van der Waals surface area contributed by atoms with E-state index in [0.717, 1.165) is 19.4 Å². The maximum absolute atomic E-state index is 11.7. The van der Waals surface area contributed by atoms with Crippen LogP contribution < -0.4 is 5.84 Å². The van der Waals surface area contributed by atoms with Crippen LogP contribution in [0.2, 0.25) is 0 Å². The molecule has 2 amide bonds. The van der Waals surface area contributed by atoms with Gasteiger partial charge in [0.25, 0.3) is 0 Å². The predicted octanol–water partition coefficient (Wildman–Crippen LogP) is 1.81. The minimum Gasteiger partial charge on any atom is -0.318 e. The zero-order valence-electron chi connectivity index (χ0n) is 9.48. The monoisotopic (exact) mass is 239 g/mol. The second-order valence-corrected chi connectivity index (χ2v) is 5.23. The largest absolute Gasteiger partial charge is 0.334 e. The fourth-order valence-corrected chi connectivity index (χ4v) is 2.81. The van der Waals surface area contributed by atoms with Crippen LogP contribution in [-0.4, -0.2) is 29.0 Å². The lowest BCUT2D eigenvalue weighted by Gasteiger charge is -2.32. The highest BCUT2D eigenvalue weighted by molar-refractivity contribution is 7.11. The molecule has 0 bridgehead atoms. The highest BCUT2D eigenvalue weighted by Crippen LogP contribution is 2.20.